The third-order valence-corrected chi connectivity index (χ3v) is 3.62. The quantitative estimate of drug-likeness (QED) is 0.736. The minimum absolute atomic E-state index is 0.0452. The van der Waals surface area contributed by atoms with Gasteiger partial charge in [-0.25, -0.2) is 4.98 Å². The topological polar surface area (TPSA) is 59.0 Å². The molecule has 0 aliphatic carbocycles. The first kappa shape index (κ1) is 17.2. The Morgan fingerprint density at radius 1 is 1.26 bits per heavy atom. The molecular formula is C18H26N4O. The van der Waals surface area contributed by atoms with E-state index in [1.54, 1.807) is 0 Å². The van der Waals surface area contributed by atoms with Crippen molar-refractivity contribution in [2.45, 2.75) is 46.2 Å². The Balaban J connectivity index is 1.69. The van der Waals surface area contributed by atoms with Crippen LogP contribution in [0.4, 0.5) is 5.69 Å². The number of amides is 1. The molecule has 0 aliphatic heterocycles. The summed E-state index contributed by atoms with van der Waals surface area (Å²) in [5.41, 5.74) is 2.05. The van der Waals surface area contributed by atoms with Crippen molar-refractivity contribution in [1.82, 2.24) is 14.9 Å². The SMILES string of the molecule is CC(=O)Nc1ccc(CNCCCn2ccnc2C(C)C)cc1. The molecule has 0 aliphatic rings. The van der Waals surface area contributed by atoms with E-state index in [0.717, 1.165) is 37.6 Å². The molecule has 0 bridgehead atoms. The van der Waals surface area contributed by atoms with Gasteiger partial charge in [0, 0.05) is 44.0 Å². The van der Waals surface area contributed by atoms with E-state index >= 15 is 0 Å². The number of carbonyl (C=O) groups is 1. The fourth-order valence-electron chi connectivity index (χ4n) is 2.53. The number of aromatic nitrogens is 2. The van der Waals surface area contributed by atoms with Crippen LogP contribution in [-0.2, 0) is 17.9 Å². The van der Waals surface area contributed by atoms with E-state index in [2.05, 4.69) is 40.2 Å². The van der Waals surface area contributed by atoms with E-state index in [4.69, 9.17) is 0 Å². The van der Waals surface area contributed by atoms with Gasteiger partial charge in [0.2, 0.25) is 5.91 Å². The van der Waals surface area contributed by atoms with Crippen molar-refractivity contribution >= 4 is 11.6 Å². The number of imidazole rings is 1. The van der Waals surface area contributed by atoms with Crippen LogP contribution in [-0.4, -0.2) is 22.0 Å². The zero-order valence-corrected chi connectivity index (χ0v) is 14.2. The Hall–Kier alpha value is -2.14. The molecule has 2 aromatic rings. The molecule has 0 saturated carbocycles. The Kier molecular flexibility index (Phi) is 6.35. The molecule has 5 nitrogen and oxygen atoms in total. The van der Waals surface area contributed by atoms with Crippen LogP contribution in [0.2, 0.25) is 0 Å². The zero-order valence-electron chi connectivity index (χ0n) is 14.2. The number of hydrogen-bond acceptors (Lipinski definition) is 3. The normalized spacial score (nSPS) is 11.0. The summed E-state index contributed by atoms with van der Waals surface area (Å²) in [5.74, 6) is 1.56. The summed E-state index contributed by atoms with van der Waals surface area (Å²) in [5, 5.41) is 6.22. The maximum Gasteiger partial charge on any atom is 0.221 e. The molecule has 0 spiro atoms. The van der Waals surface area contributed by atoms with Crippen molar-refractivity contribution in [3.63, 3.8) is 0 Å². The fraction of sp³-hybridized carbons (Fsp3) is 0.444. The van der Waals surface area contributed by atoms with Crippen LogP contribution in [0.5, 0.6) is 0 Å². The lowest BCUT2D eigenvalue weighted by Gasteiger charge is -2.11. The summed E-state index contributed by atoms with van der Waals surface area (Å²) in [7, 11) is 0. The number of rotatable bonds is 8. The molecule has 0 fully saturated rings. The van der Waals surface area contributed by atoms with Crippen molar-refractivity contribution in [2.75, 3.05) is 11.9 Å². The molecule has 0 unspecified atom stereocenters. The zero-order chi connectivity index (χ0) is 16.7. The van der Waals surface area contributed by atoms with Crippen LogP contribution in [0.3, 0.4) is 0 Å². The number of carbonyl (C=O) groups excluding carboxylic acids is 1. The first-order valence-electron chi connectivity index (χ1n) is 8.14. The lowest BCUT2D eigenvalue weighted by atomic mass is 10.2. The molecule has 5 heteroatoms. The molecule has 0 atom stereocenters. The second kappa shape index (κ2) is 8.48. The predicted octanol–water partition coefficient (Wildman–Crippen LogP) is 3.14. The molecular weight excluding hydrogens is 288 g/mol. The van der Waals surface area contributed by atoms with Gasteiger partial charge in [-0.2, -0.15) is 0 Å². The summed E-state index contributed by atoms with van der Waals surface area (Å²) >= 11 is 0. The number of anilines is 1. The van der Waals surface area contributed by atoms with Crippen molar-refractivity contribution in [3.8, 4) is 0 Å². The van der Waals surface area contributed by atoms with Gasteiger partial charge in [-0.1, -0.05) is 26.0 Å². The van der Waals surface area contributed by atoms with Gasteiger partial charge in [0.25, 0.3) is 0 Å². The minimum atomic E-state index is -0.0452. The van der Waals surface area contributed by atoms with Gasteiger partial charge in [-0.05, 0) is 30.7 Å². The Morgan fingerprint density at radius 2 is 2.00 bits per heavy atom. The smallest absolute Gasteiger partial charge is 0.221 e. The second-order valence-electron chi connectivity index (χ2n) is 6.04. The average molecular weight is 314 g/mol. The van der Waals surface area contributed by atoms with Crippen LogP contribution in [0.25, 0.3) is 0 Å². The number of hydrogen-bond donors (Lipinski definition) is 2. The molecule has 1 aromatic carbocycles. The highest BCUT2D eigenvalue weighted by Gasteiger charge is 2.06. The highest BCUT2D eigenvalue weighted by atomic mass is 16.1. The summed E-state index contributed by atoms with van der Waals surface area (Å²) in [6.07, 6.45) is 5.00. The van der Waals surface area contributed by atoms with E-state index < -0.39 is 0 Å². The monoisotopic (exact) mass is 314 g/mol. The summed E-state index contributed by atoms with van der Waals surface area (Å²) in [4.78, 5) is 15.4. The number of aryl methyl sites for hydroxylation is 1. The lowest BCUT2D eigenvalue weighted by molar-refractivity contribution is -0.114. The summed E-state index contributed by atoms with van der Waals surface area (Å²) < 4.78 is 2.23. The molecule has 2 N–H and O–H groups in total. The van der Waals surface area contributed by atoms with Crippen LogP contribution in [0.1, 0.15) is 44.5 Å². The molecule has 2 rings (SSSR count). The third kappa shape index (κ3) is 5.53. The number of benzene rings is 1. The Labute approximate surface area is 138 Å². The molecule has 1 amide bonds. The lowest BCUT2D eigenvalue weighted by Crippen LogP contribution is -2.17. The van der Waals surface area contributed by atoms with E-state index in [1.165, 1.54) is 12.5 Å². The molecule has 1 heterocycles. The minimum Gasteiger partial charge on any atom is -0.335 e. The molecule has 1 aromatic heterocycles. The van der Waals surface area contributed by atoms with Gasteiger partial charge in [-0.15, -0.1) is 0 Å². The summed E-state index contributed by atoms with van der Waals surface area (Å²) in [6, 6.07) is 7.92. The van der Waals surface area contributed by atoms with Crippen LogP contribution in [0.15, 0.2) is 36.7 Å². The highest BCUT2D eigenvalue weighted by Crippen LogP contribution is 2.12. The van der Waals surface area contributed by atoms with E-state index in [0.29, 0.717) is 5.92 Å². The van der Waals surface area contributed by atoms with Gasteiger partial charge in [0.05, 0.1) is 0 Å². The first-order chi connectivity index (χ1) is 11.1. The predicted molar refractivity (Wildman–Crippen MR) is 93.4 cm³/mol. The van der Waals surface area contributed by atoms with Crippen molar-refractivity contribution in [1.29, 1.82) is 0 Å². The van der Waals surface area contributed by atoms with E-state index in [1.807, 2.05) is 30.5 Å². The Morgan fingerprint density at radius 3 is 2.65 bits per heavy atom. The van der Waals surface area contributed by atoms with Crippen LogP contribution < -0.4 is 10.6 Å². The maximum absolute atomic E-state index is 11.0. The average Bonchev–Trinajstić information content (AvgIpc) is 2.97. The standard InChI is InChI=1S/C18H26N4O/c1-14(2)18-20-10-12-22(18)11-4-9-19-13-16-5-7-17(8-6-16)21-15(3)23/h5-8,10,12,14,19H,4,9,11,13H2,1-3H3,(H,21,23). The molecule has 0 radical (unpaired) electrons. The second-order valence-corrected chi connectivity index (χ2v) is 6.04. The Bertz CT molecular complexity index is 616. The third-order valence-electron chi connectivity index (χ3n) is 3.62. The fourth-order valence-corrected chi connectivity index (χ4v) is 2.53. The molecule has 0 saturated heterocycles. The molecule has 23 heavy (non-hydrogen) atoms. The van der Waals surface area contributed by atoms with Gasteiger partial charge in [0.1, 0.15) is 5.82 Å². The number of nitrogens with zero attached hydrogens (tertiary/aromatic N) is 2. The van der Waals surface area contributed by atoms with Crippen LogP contribution >= 0.6 is 0 Å². The van der Waals surface area contributed by atoms with Gasteiger partial charge >= 0.3 is 0 Å². The van der Waals surface area contributed by atoms with E-state index in [9.17, 15) is 4.79 Å². The van der Waals surface area contributed by atoms with Crippen molar-refractivity contribution < 1.29 is 4.79 Å². The van der Waals surface area contributed by atoms with Crippen molar-refractivity contribution in [3.05, 3.63) is 48.0 Å². The number of nitrogens with one attached hydrogen (secondary N) is 2. The van der Waals surface area contributed by atoms with Crippen LogP contribution in [0, 0.1) is 0 Å². The van der Waals surface area contributed by atoms with E-state index in [-0.39, 0.29) is 5.91 Å². The van der Waals surface area contributed by atoms with Crippen molar-refractivity contribution in [2.24, 2.45) is 0 Å². The maximum atomic E-state index is 11.0. The molecule has 124 valence electrons. The highest BCUT2D eigenvalue weighted by molar-refractivity contribution is 5.88. The van der Waals surface area contributed by atoms with Gasteiger partial charge < -0.3 is 15.2 Å². The van der Waals surface area contributed by atoms with Gasteiger partial charge in [-0.3, -0.25) is 4.79 Å². The van der Waals surface area contributed by atoms with Gasteiger partial charge in [0.15, 0.2) is 0 Å². The summed E-state index contributed by atoms with van der Waals surface area (Å²) in [6.45, 7) is 8.64. The first-order valence-corrected chi connectivity index (χ1v) is 8.14. The largest absolute Gasteiger partial charge is 0.335 e.